The first-order valence-electron chi connectivity index (χ1n) is 9.27. The fraction of sp³-hybridized carbons (Fsp3) is 0.381. The van der Waals surface area contributed by atoms with Crippen LogP contribution in [0.5, 0.6) is 5.75 Å². The van der Waals surface area contributed by atoms with E-state index in [0.717, 1.165) is 16.9 Å². The van der Waals surface area contributed by atoms with Crippen molar-refractivity contribution < 1.29 is 17.9 Å². The molecule has 1 heterocycles. The summed E-state index contributed by atoms with van der Waals surface area (Å²) in [6.07, 6.45) is 1.80. The Balaban J connectivity index is 1.59. The summed E-state index contributed by atoms with van der Waals surface area (Å²) in [5.41, 5.74) is 4.29. The van der Waals surface area contributed by atoms with Gasteiger partial charge in [0.2, 0.25) is 10.0 Å². The predicted octanol–water partition coefficient (Wildman–Crippen LogP) is 2.82. The van der Waals surface area contributed by atoms with Crippen LogP contribution < -0.4 is 14.4 Å². The molecule has 2 aromatic carbocycles. The number of hydrogen-bond acceptors (Lipinski definition) is 4. The molecule has 150 valence electrons. The van der Waals surface area contributed by atoms with Crippen LogP contribution in [0, 0.1) is 13.8 Å². The van der Waals surface area contributed by atoms with Gasteiger partial charge in [-0.1, -0.05) is 17.7 Å². The Bertz CT molecular complexity index is 1000. The van der Waals surface area contributed by atoms with E-state index in [1.165, 1.54) is 16.1 Å². The largest absolute Gasteiger partial charge is 0.491 e. The van der Waals surface area contributed by atoms with Gasteiger partial charge < -0.3 is 10.1 Å². The lowest BCUT2D eigenvalue weighted by atomic mass is 10.1. The summed E-state index contributed by atoms with van der Waals surface area (Å²) in [6, 6.07) is 11.0. The van der Waals surface area contributed by atoms with Crippen molar-refractivity contribution in [3.05, 3.63) is 58.7 Å². The first-order chi connectivity index (χ1) is 13.2. The molecule has 0 aliphatic carbocycles. The number of carbonyl (C=O) groups excluding carboxylic acids is 1. The van der Waals surface area contributed by atoms with E-state index in [0.29, 0.717) is 30.8 Å². The maximum atomic E-state index is 12.4. The number of rotatable bonds is 6. The van der Waals surface area contributed by atoms with Crippen molar-refractivity contribution in [2.75, 3.05) is 23.7 Å². The lowest BCUT2D eigenvalue weighted by molar-refractivity contribution is 0.0947. The summed E-state index contributed by atoms with van der Waals surface area (Å²) in [4.78, 5) is 12.4. The van der Waals surface area contributed by atoms with Crippen LogP contribution in [0.4, 0.5) is 5.69 Å². The highest BCUT2D eigenvalue weighted by Gasteiger charge is 2.32. The molecule has 0 saturated carbocycles. The van der Waals surface area contributed by atoms with Crippen molar-refractivity contribution in [2.24, 2.45) is 0 Å². The first-order valence-corrected chi connectivity index (χ1v) is 11.1. The molecule has 3 rings (SSSR count). The third kappa shape index (κ3) is 4.30. The van der Waals surface area contributed by atoms with Crippen LogP contribution in [0.2, 0.25) is 0 Å². The third-order valence-electron chi connectivity index (χ3n) is 4.83. The number of benzene rings is 2. The number of ether oxygens (including phenoxy) is 1. The van der Waals surface area contributed by atoms with Crippen molar-refractivity contribution >= 4 is 21.6 Å². The topological polar surface area (TPSA) is 75.7 Å². The fourth-order valence-corrected chi connectivity index (χ4v) is 4.90. The number of nitrogens with zero attached hydrogens (tertiary/aromatic N) is 1. The molecule has 7 heteroatoms. The van der Waals surface area contributed by atoms with Gasteiger partial charge in [-0.3, -0.25) is 9.10 Å². The molecule has 0 aromatic heterocycles. The zero-order valence-electron chi connectivity index (χ0n) is 16.7. The van der Waals surface area contributed by atoms with E-state index in [4.69, 9.17) is 4.74 Å². The summed E-state index contributed by atoms with van der Waals surface area (Å²) in [7, 11) is -3.33. The predicted molar refractivity (Wildman–Crippen MR) is 111 cm³/mol. The highest BCUT2D eigenvalue weighted by Crippen LogP contribution is 2.34. The van der Waals surface area contributed by atoms with Gasteiger partial charge in [0.25, 0.3) is 5.91 Å². The van der Waals surface area contributed by atoms with Gasteiger partial charge in [0.15, 0.2) is 0 Å². The van der Waals surface area contributed by atoms with Crippen LogP contribution >= 0.6 is 0 Å². The number of fused-ring (bicyclic) bond motifs is 1. The SMILES string of the molecule is Cc1ccc(OCCNC(=O)c2ccc3c(c2)C[C@H](C)N3S(C)(=O)=O)c(C)c1. The van der Waals surface area contributed by atoms with Gasteiger partial charge in [-0.05, 0) is 62.6 Å². The zero-order valence-corrected chi connectivity index (χ0v) is 17.5. The van der Waals surface area contributed by atoms with E-state index in [2.05, 4.69) is 11.4 Å². The van der Waals surface area contributed by atoms with Gasteiger partial charge >= 0.3 is 0 Å². The molecule has 1 aliphatic heterocycles. The Morgan fingerprint density at radius 3 is 2.64 bits per heavy atom. The summed E-state index contributed by atoms with van der Waals surface area (Å²) >= 11 is 0. The second kappa shape index (κ2) is 7.83. The maximum absolute atomic E-state index is 12.4. The van der Waals surface area contributed by atoms with Crippen molar-refractivity contribution in [1.29, 1.82) is 0 Å². The molecule has 1 amide bonds. The Kier molecular flexibility index (Phi) is 5.65. The number of sulfonamides is 1. The summed E-state index contributed by atoms with van der Waals surface area (Å²) in [6.45, 7) is 6.65. The summed E-state index contributed by atoms with van der Waals surface area (Å²) < 4.78 is 31.1. The van der Waals surface area contributed by atoms with Gasteiger partial charge in [0.05, 0.1) is 18.5 Å². The average molecular weight is 403 g/mol. The first kappa shape index (κ1) is 20.2. The molecule has 0 bridgehead atoms. The lowest BCUT2D eigenvalue weighted by Gasteiger charge is -2.21. The van der Waals surface area contributed by atoms with Gasteiger partial charge in [-0.25, -0.2) is 8.42 Å². The van der Waals surface area contributed by atoms with Crippen molar-refractivity contribution in [2.45, 2.75) is 33.2 Å². The van der Waals surface area contributed by atoms with Gasteiger partial charge in [0.1, 0.15) is 12.4 Å². The van der Waals surface area contributed by atoms with Gasteiger partial charge in [-0.15, -0.1) is 0 Å². The average Bonchev–Trinajstić information content (AvgIpc) is 2.94. The van der Waals surface area contributed by atoms with Crippen LogP contribution in [0.1, 0.15) is 34.0 Å². The van der Waals surface area contributed by atoms with E-state index in [9.17, 15) is 13.2 Å². The Hall–Kier alpha value is -2.54. The van der Waals surface area contributed by atoms with Crippen LogP contribution in [0.25, 0.3) is 0 Å². The fourth-order valence-electron chi connectivity index (χ4n) is 3.64. The highest BCUT2D eigenvalue weighted by atomic mass is 32.2. The van der Waals surface area contributed by atoms with Crippen molar-refractivity contribution in [1.82, 2.24) is 5.32 Å². The summed E-state index contributed by atoms with van der Waals surface area (Å²) in [5, 5.41) is 2.85. The molecule has 2 aromatic rings. The number of anilines is 1. The normalized spacial score (nSPS) is 16.0. The monoisotopic (exact) mass is 402 g/mol. The number of hydrogen-bond donors (Lipinski definition) is 1. The second-order valence-electron chi connectivity index (χ2n) is 7.33. The maximum Gasteiger partial charge on any atom is 0.251 e. The molecular weight excluding hydrogens is 376 g/mol. The van der Waals surface area contributed by atoms with Gasteiger partial charge in [0, 0.05) is 11.6 Å². The van der Waals surface area contributed by atoms with E-state index in [-0.39, 0.29) is 11.9 Å². The smallest absolute Gasteiger partial charge is 0.251 e. The molecule has 1 atom stereocenters. The zero-order chi connectivity index (χ0) is 20.5. The van der Waals surface area contributed by atoms with Crippen LogP contribution in [0.15, 0.2) is 36.4 Å². The van der Waals surface area contributed by atoms with Crippen LogP contribution in [0.3, 0.4) is 0 Å². The van der Waals surface area contributed by atoms with E-state index >= 15 is 0 Å². The molecule has 0 unspecified atom stereocenters. The molecule has 1 aliphatic rings. The molecule has 28 heavy (non-hydrogen) atoms. The van der Waals surface area contributed by atoms with E-state index in [1.807, 2.05) is 32.9 Å². The molecule has 0 fully saturated rings. The number of amides is 1. The molecule has 0 saturated heterocycles. The van der Waals surface area contributed by atoms with E-state index in [1.54, 1.807) is 18.2 Å². The standard InChI is InChI=1S/C21H26N2O4S/c1-14-5-8-20(15(2)11-14)27-10-9-22-21(24)17-6-7-19-18(13-17)12-16(3)23(19)28(4,25)26/h5-8,11,13,16H,9-10,12H2,1-4H3,(H,22,24)/t16-/m0/s1. The highest BCUT2D eigenvalue weighted by molar-refractivity contribution is 7.92. The molecule has 1 N–H and O–H groups in total. The Labute approximate surface area is 166 Å². The minimum Gasteiger partial charge on any atom is -0.491 e. The number of nitrogens with one attached hydrogen (secondary N) is 1. The van der Waals surface area contributed by atoms with Gasteiger partial charge in [-0.2, -0.15) is 0 Å². The molecular formula is C21H26N2O4S. The lowest BCUT2D eigenvalue weighted by Crippen LogP contribution is -2.34. The number of aryl methyl sites for hydroxylation is 2. The van der Waals surface area contributed by atoms with Crippen molar-refractivity contribution in [3.8, 4) is 5.75 Å². The van der Waals surface area contributed by atoms with E-state index < -0.39 is 10.0 Å². The van der Waals surface area contributed by atoms with Crippen molar-refractivity contribution in [3.63, 3.8) is 0 Å². The third-order valence-corrected chi connectivity index (χ3v) is 6.10. The molecule has 6 nitrogen and oxygen atoms in total. The Morgan fingerprint density at radius 1 is 1.21 bits per heavy atom. The minimum atomic E-state index is -3.33. The van der Waals surface area contributed by atoms with Crippen LogP contribution in [-0.4, -0.2) is 39.8 Å². The summed E-state index contributed by atoms with van der Waals surface area (Å²) in [5.74, 6) is 0.615. The Morgan fingerprint density at radius 2 is 1.96 bits per heavy atom. The second-order valence-corrected chi connectivity index (χ2v) is 9.19. The van der Waals surface area contributed by atoms with Crippen LogP contribution in [-0.2, 0) is 16.4 Å². The quantitative estimate of drug-likeness (QED) is 0.754. The molecule has 0 radical (unpaired) electrons. The minimum absolute atomic E-state index is 0.144. The molecule has 0 spiro atoms. The number of carbonyl (C=O) groups is 1.